The van der Waals surface area contributed by atoms with Crippen LogP contribution in [0, 0.1) is 0 Å². The van der Waals surface area contributed by atoms with Crippen molar-refractivity contribution in [3.63, 3.8) is 0 Å². The molecule has 1 aliphatic heterocycles. The second-order valence-corrected chi connectivity index (χ2v) is 10.5. The van der Waals surface area contributed by atoms with Crippen LogP contribution < -0.4 is 5.76 Å². The molecule has 1 saturated heterocycles. The number of nitrogens with one attached hydrogen (secondary N) is 1. The third-order valence-corrected chi connectivity index (χ3v) is 7.98. The van der Waals surface area contributed by atoms with Gasteiger partial charge in [-0.15, -0.1) is 0 Å². The topological polar surface area (TPSA) is 107 Å². The predicted octanol–water partition coefficient (Wildman–Crippen LogP) is 5.52. The number of oxazole rings is 1. The lowest BCUT2D eigenvalue weighted by molar-refractivity contribution is 0.0255. The van der Waals surface area contributed by atoms with Crippen molar-refractivity contribution in [2.75, 3.05) is 19.6 Å². The van der Waals surface area contributed by atoms with Crippen molar-refractivity contribution >= 4 is 46.2 Å². The molecular formula is C29H27Cl2N3O5. The highest BCUT2D eigenvalue weighted by Crippen LogP contribution is 2.28. The number of ketones is 1. The predicted molar refractivity (Wildman–Crippen MR) is 150 cm³/mol. The van der Waals surface area contributed by atoms with Gasteiger partial charge >= 0.3 is 11.8 Å². The fraction of sp³-hybridized carbons (Fsp3) is 0.276. The standard InChI is InChI=1S/C29H27Cl2N3O5/c30-23-7-3-1-5-18(23)13-21-16-33(29(37)38)17-22(14-19-6-2-4-8-24(19)31)34(21)12-11-26(35)20-9-10-25-27(15-20)39-28(36)32-25/h1-10,15,21-22H,11-14,16-17H2,(H,32,36)(H,37,38). The molecule has 0 saturated carbocycles. The number of carbonyl (C=O) groups excluding carboxylic acids is 1. The van der Waals surface area contributed by atoms with Crippen LogP contribution in [0.4, 0.5) is 4.79 Å². The molecule has 2 atom stereocenters. The fourth-order valence-electron chi connectivity index (χ4n) is 5.31. The Morgan fingerprint density at radius 3 is 2.08 bits per heavy atom. The summed E-state index contributed by atoms with van der Waals surface area (Å²) in [5.41, 5.74) is 3.13. The highest BCUT2D eigenvalue weighted by atomic mass is 35.5. The van der Waals surface area contributed by atoms with Gasteiger partial charge in [-0.05, 0) is 54.3 Å². The van der Waals surface area contributed by atoms with E-state index in [1.807, 2.05) is 48.5 Å². The molecule has 1 aliphatic rings. The van der Waals surface area contributed by atoms with Crippen molar-refractivity contribution in [1.29, 1.82) is 0 Å². The number of H-pyrrole nitrogens is 1. The summed E-state index contributed by atoms with van der Waals surface area (Å²) < 4.78 is 5.12. The molecule has 0 spiro atoms. The molecule has 202 valence electrons. The van der Waals surface area contributed by atoms with E-state index in [0.717, 1.165) is 11.1 Å². The van der Waals surface area contributed by atoms with Crippen LogP contribution in [0.15, 0.2) is 75.9 Å². The Bertz CT molecular complexity index is 1510. The van der Waals surface area contributed by atoms with Crippen molar-refractivity contribution < 1.29 is 19.1 Å². The number of carbonyl (C=O) groups is 2. The molecule has 39 heavy (non-hydrogen) atoms. The van der Waals surface area contributed by atoms with Crippen molar-refractivity contribution in [1.82, 2.24) is 14.8 Å². The van der Waals surface area contributed by atoms with Crippen LogP contribution in [0.2, 0.25) is 10.0 Å². The van der Waals surface area contributed by atoms with Crippen molar-refractivity contribution in [2.24, 2.45) is 0 Å². The van der Waals surface area contributed by atoms with Gasteiger partial charge in [-0.25, -0.2) is 9.59 Å². The Hall–Kier alpha value is -3.59. The van der Waals surface area contributed by atoms with Crippen LogP contribution in [0.25, 0.3) is 11.1 Å². The van der Waals surface area contributed by atoms with Crippen LogP contribution in [0.5, 0.6) is 0 Å². The second kappa shape index (κ2) is 11.7. The van der Waals surface area contributed by atoms with Crippen LogP contribution >= 0.6 is 23.2 Å². The average molecular weight is 568 g/mol. The number of amides is 1. The van der Waals surface area contributed by atoms with Gasteiger partial charge in [0.2, 0.25) is 0 Å². The highest BCUT2D eigenvalue weighted by Gasteiger charge is 2.37. The molecule has 8 nitrogen and oxygen atoms in total. The fourth-order valence-corrected chi connectivity index (χ4v) is 5.73. The summed E-state index contributed by atoms with van der Waals surface area (Å²) in [6, 6.07) is 19.5. The molecule has 3 aromatic carbocycles. The molecular weight excluding hydrogens is 541 g/mol. The Labute approximate surface area is 234 Å². The molecule has 2 unspecified atom stereocenters. The van der Waals surface area contributed by atoms with E-state index >= 15 is 0 Å². The summed E-state index contributed by atoms with van der Waals surface area (Å²) in [5.74, 6) is -0.676. The Kier molecular flexibility index (Phi) is 8.07. The summed E-state index contributed by atoms with van der Waals surface area (Å²) in [6.07, 6.45) is 0.264. The van der Waals surface area contributed by atoms with E-state index in [2.05, 4.69) is 9.88 Å². The first-order valence-corrected chi connectivity index (χ1v) is 13.4. The minimum Gasteiger partial charge on any atom is -0.465 e. The lowest BCUT2D eigenvalue weighted by Crippen LogP contribution is -2.61. The van der Waals surface area contributed by atoms with Crippen LogP contribution in [0.1, 0.15) is 27.9 Å². The summed E-state index contributed by atoms with van der Waals surface area (Å²) in [4.78, 5) is 43.1. The van der Waals surface area contributed by atoms with Gasteiger partial charge in [-0.2, -0.15) is 0 Å². The minimum atomic E-state index is -0.986. The number of hydrogen-bond acceptors (Lipinski definition) is 5. The summed E-state index contributed by atoms with van der Waals surface area (Å²) in [7, 11) is 0. The first-order valence-electron chi connectivity index (χ1n) is 12.6. The Morgan fingerprint density at radius 2 is 1.51 bits per heavy atom. The van der Waals surface area contributed by atoms with E-state index < -0.39 is 11.8 Å². The van der Waals surface area contributed by atoms with Crippen molar-refractivity contribution in [3.8, 4) is 0 Å². The van der Waals surface area contributed by atoms with Crippen molar-refractivity contribution in [3.05, 3.63) is 104 Å². The molecule has 0 aliphatic carbocycles. The molecule has 1 amide bonds. The summed E-state index contributed by atoms with van der Waals surface area (Å²) >= 11 is 13.0. The van der Waals surface area contributed by atoms with Crippen molar-refractivity contribution in [2.45, 2.75) is 31.3 Å². The lowest BCUT2D eigenvalue weighted by atomic mass is 9.94. The monoisotopic (exact) mass is 567 g/mol. The van der Waals surface area contributed by atoms with Gasteiger partial charge in [0.25, 0.3) is 0 Å². The quantitative estimate of drug-likeness (QED) is 0.271. The SMILES string of the molecule is O=C(CCN1C(Cc2ccccc2Cl)CN(C(=O)O)CC1Cc1ccccc1Cl)c1ccc2[nH]c(=O)oc2c1. The maximum atomic E-state index is 13.2. The number of aromatic nitrogens is 1. The molecule has 4 aromatic rings. The third kappa shape index (κ3) is 6.19. The van der Waals surface area contributed by atoms with E-state index in [0.29, 0.717) is 46.1 Å². The van der Waals surface area contributed by atoms with Gasteiger partial charge < -0.3 is 14.4 Å². The number of piperazine rings is 1. The van der Waals surface area contributed by atoms with E-state index in [9.17, 15) is 19.5 Å². The molecule has 0 bridgehead atoms. The first-order chi connectivity index (χ1) is 18.8. The van der Waals surface area contributed by atoms with Crippen LogP contribution in [-0.4, -0.2) is 63.5 Å². The maximum Gasteiger partial charge on any atom is 0.417 e. The molecule has 2 heterocycles. The highest BCUT2D eigenvalue weighted by molar-refractivity contribution is 6.31. The maximum absolute atomic E-state index is 13.2. The average Bonchev–Trinajstić information content (AvgIpc) is 3.29. The van der Waals surface area contributed by atoms with Gasteiger partial charge in [0.1, 0.15) is 0 Å². The largest absolute Gasteiger partial charge is 0.465 e. The van der Waals surface area contributed by atoms with Gasteiger partial charge in [0, 0.05) is 53.7 Å². The number of rotatable bonds is 8. The molecule has 1 aromatic heterocycles. The number of benzene rings is 3. The number of carboxylic acid groups (broad SMARTS) is 1. The third-order valence-electron chi connectivity index (χ3n) is 7.24. The number of hydrogen-bond donors (Lipinski definition) is 2. The molecule has 5 rings (SSSR count). The number of aromatic amines is 1. The minimum absolute atomic E-state index is 0.102. The Balaban J connectivity index is 1.43. The smallest absolute Gasteiger partial charge is 0.417 e. The van der Waals surface area contributed by atoms with E-state index in [1.54, 1.807) is 18.2 Å². The van der Waals surface area contributed by atoms with E-state index in [4.69, 9.17) is 27.6 Å². The van der Waals surface area contributed by atoms with Crippen LogP contribution in [0.3, 0.4) is 0 Å². The zero-order chi connectivity index (χ0) is 27.5. The van der Waals surface area contributed by atoms with E-state index in [1.165, 1.54) is 4.90 Å². The number of fused-ring (bicyclic) bond motifs is 1. The molecule has 1 fully saturated rings. The number of nitrogens with zero attached hydrogens (tertiary/aromatic N) is 2. The zero-order valence-corrected chi connectivity index (χ0v) is 22.5. The van der Waals surface area contributed by atoms with Gasteiger partial charge in [0.05, 0.1) is 5.52 Å². The number of halogens is 2. The van der Waals surface area contributed by atoms with Gasteiger partial charge in [-0.3, -0.25) is 14.7 Å². The molecule has 0 radical (unpaired) electrons. The molecule has 10 heteroatoms. The van der Waals surface area contributed by atoms with Gasteiger partial charge in [0.15, 0.2) is 11.4 Å². The number of Topliss-reactive ketones (excluding diaryl/α,β-unsaturated/α-hetero) is 1. The molecule has 2 N–H and O–H groups in total. The summed E-state index contributed by atoms with van der Waals surface area (Å²) in [6.45, 7) is 0.980. The van der Waals surface area contributed by atoms with E-state index in [-0.39, 0.29) is 37.4 Å². The second-order valence-electron chi connectivity index (χ2n) is 9.72. The lowest BCUT2D eigenvalue weighted by Gasteiger charge is -2.46. The summed E-state index contributed by atoms with van der Waals surface area (Å²) in [5, 5.41) is 11.2. The zero-order valence-electron chi connectivity index (χ0n) is 21.0. The normalized spacial score (nSPS) is 17.9. The first kappa shape index (κ1) is 27.0. The van der Waals surface area contributed by atoms with Crippen LogP contribution in [-0.2, 0) is 12.8 Å². The van der Waals surface area contributed by atoms with Gasteiger partial charge in [-0.1, -0.05) is 59.6 Å². The Morgan fingerprint density at radius 1 is 0.923 bits per heavy atom.